The molecule has 39 heavy (non-hydrogen) atoms. The highest BCUT2D eigenvalue weighted by atomic mass is 32.1. The molecule has 232 valence electrons. The van der Waals surface area contributed by atoms with Gasteiger partial charge in [-0.3, -0.25) is 4.57 Å². The van der Waals surface area contributed by atoms with Gasteiger partial charge in [-0.2, -0.15) is 0 Å². The molecular formula is C31H61O6PS. The first kappa shape index (κ1) is 38.8. The lowest BCUT2D eigenvalue weighted by Crippen LogP contribution is -2.42. The number of thiol groups is 1. The molecular weight excluding hydrogens is 531 g/mol. The van der Waals surface area contributed by atoms with E-state index in [1.165, 1.54) is 89.9 Å². The lowest BCUT2D eigenvalue weighted by molar-refractivity contribution is -0.259. The van der Waals surface area contributed by atoms with E-state index in [-0.39, 0.29) is 12.0 Å². The Balaban J connectivity index is 4.81. The number of rotatable bonds is 26. The van der Waals surface area contributed by atoms with Gasteiger partial charge in [0.25, 0.3) is 0 Å². The predicted octanol–water partition coefficient (Wildman–Crippen LogP) is 9.83. The summed E-state index contributed by atoms with van der Waals surface area (Å²) in [4.78, 5) is 12.4. The van der Waals surface area contributed by atoms with Crippen molar-refractivity contribution in [1.29, 1.82) is 0 Å². The van der Waals surface area contributed by atoms with Gasteiger partial charge in [-0.25, -0.2) is 4.79 Å². The van der Waals surface area contributed by atoms with Gasteiger partial charge in [-0.1, -0.05) is 144 Å². The second-order valence-corrected chi connectivity index (χ2v) is 13.7. The highest BCUT2D eigenvalue weighted by Crippen LogP contribution is 2.30. The predicted molar refractivity (Wildman–Crippen MR) is 165 cm³/mol. The van der Waals surface area contributed by atoms with Gasteiger partial charge in [-0.05, 0) is 24.2 Å². The van der Waals surface area contributed by atoms with E-state index >= 15 is 0 Å². The van der Waals surface area contributed by atoms with Crippen LogP contribution in [0, 0.1) is 11.3 Å². The minimum absolute atomic E-state index is 0.0681. The van der Waals surface area contributed by atoms with Gasteiger partial charge in [0.1, 0.15) is 5.44 Å². The third kappa shape index (κ3) is 21.2. The summed E-state index contributed by atoms with van der Waals surface area (Å²) in [5, 5.41) is 10.6. The van der Waals surface area contributed by atoms with Crippen molar-refractivity contribution >= 4 is 27.1 Å². The average Bonchev–Trinajstić information content (AvgIpc) is 2.89. The van der Waals surface area contributed by atoms with E-state index in [9.17, 15) is 14.5 Å². The highest BCUT2D eigenvalue weighted by Gasteiger charge is 2.44. The molecule has 0 spiro atoms. The highest BCUT2D eigenvalue weighted by molar-refractivity contribution is 7.80. The van der Waals surface area contributed by atoms with E-state index in [1.54, 1.807) is 0 Å². The van der Waals surface area contributed by atoms with E-state index in [4.69, 9.17) is 14.2 Å². The molecule has 0 aromatic rings. The van der Waals surface area contributed by atoms with Crippen molar-refractivity contribution < 1.29 is 28.7 Å². The molecule has 0 saturated carbocycles. The van der Waals surface area contributed by atoms with Crippen molar-refractivity contribution in [2.45, 2.75) is 174 Å². The van der Waals surface area contributed by atoms with E-state index in [0.717, 1.165) is 19.3 Å². The van der Waals surface area contributed by atoms with E-state index in [1.807, 2.05) is 27.7 Å². The third-order valence-corrected chi connectivity index (χ3v) is 7.80. The van der Waals surface area contributed by atoms with Crippen LogP contribution < -0.4 is 0 Å². The molecule has 6 nitrogen and oxygen atoms in total. The van der Waals surface area contributed by atoms with Gasteiger partial charge >= 0.3 is 11.5 Å². The van der Waals surface area contributed by atoms with Crippen molar-refractivity contribution in [3.05, 3.63) is 0 Å². The molecule has 0 aromatic carbocycles. The smallest absolute Gasteiger partial charge is 0.379 e. The van der Waals surface area contributed by atoms with Crippen LogP contribution in [0.3, 0.4) is 0 Å². The molecule has 0 heterocycles. The Morgan fingerprint density at radius 1 is 0.821 bits per heavy atom. The molecule has 0 amide bonds. The minimum Gasteiger partial charge on any atom is -0.460 e. The summed E-state index contributed by atoms with van der Waals surface area (Å²) in [6.45, 7) is 12.1. The minimum atomic E-state index is -2.60. The molecule has 0 aliphatic rings. The summed E-state index contributed by atoms with van der Waals surface area (Å²) in [7, 11) is -0.887. The second kappa shape index (κ2) is 23.4. The molecule has 0 aliphatic heterocycles. The summed E-state index contributed by atoms with van der Waals surface area (Å²) >= 11 is 4.69. The number of hydrogen-bond acceptors (Lipinski definition) is 7. The average molecular weight is 593 g/mol. The topological polar surface area (TPSA) is 82.1 Å². The number of carbonyl (C=O) groups is 1. The normalized spacial score (nSPS) is 16.1. The van der Waals surface area contributed by atoms with Crippen LogP contribution in [0.15, 0.2) is 0 Å². The maximum absolute atomic E-state index is 12.4. The first-order chi connectivity index (χ1) is 18.5. The lowest BCUT2D eigenvalue weighted by atomic mass is 9.91. The third-order valence-electron chi connectivity index (χ3n) is 6.93. The van der Waals surface area contributed by atoms with Gasteiger partial charge in [0, 0.05) is 0 Å². The van der Waals surface area contributed by atoms with Crippen LogP contribution >= 0.6 is 21.1 Å². The monoisotopic (exact) mass is 592 g/mol. The van der Waals surface area contributed by atoms with Crippen LogP contribution in [0.1, 0.15) is 157 Å². The van der Waals surface area contributed by atoms with Gasteiger partial charge < -0.3 is 19.3 Å². The van der Waals surface area contributed by atoms with Gasteiger partial charge in [0.15, 0.2) is 6.29 Å². The molecule has 0 fully saturated rings. The summed E-state index contributed by atoms with van der Waals surface area (Å²) in [6, 6.07) is 0. The molecule has 1 N–H and O–H groups in total. The molecule has 4 atom stereocenters. The van der Waals surface area contributed by atoms with Crippen LogP contribution in [-0.2, 0) is 23.6 Å². The lowest BCUT2D eigenvalue weighted by Gasteiger charge is -2.29. The zero-order valence-corrected chi connectivity index (χ0v) is 27.8. The maximum Gasteiger partial charge on any atom is 0.379 e. The fourth-order valence-corrected chi connectivity index (χ4v) is 5.28. The van der Waals surface area contributed by atoms with Crippen LogP contribution in [0.25, 0.3) is 0 Å². The molecule has 0 bridgehead atoms. The summed E-state index contributed by atoms with van der Waals surface area (Å²) in [6.07, 6.45) is 20.7. The standard InChI is InChI=1S/C31H61O6PS/c1-7-10-12-14-15-16-17-19-21-23-26(22-20-18-13-11-8-2)24-28(39)36-27(9-3)37-31(33,38-34)29(32)35-25-30(4,5)6/h26-28,33,39H,7-25H2,1-6H3. The van der Waals surface area contributed by atoms with Crippen LogP contribution in [-0.4, -0.2) is 34.9 Å². The van der Waals surface area contributed by atoms with Crippen molar-refractivity contribution in [1.82, 2.24) is 0 Å². The van der Waals surface area contributed by atoms with Crippen LogP contribution in [0.2, 0.25) is 0 Å². The summed E-state index contributed by atoms with van der Waals surface area (Å²) in [5.41, 5.74) is -3.31. The number of esters is 1. The molecule has 0 aliphatic carbocycles. The molecule has 0 aromatic heterocycles. The Morgan fingerprint density at radius 2 is 1.28 bits per heavy atom. The Kier molecular flexibility index (Phi) is 23.3. The van der Waals surface area contributed by atoms with Gasteiger partial charge in [-0.15, -0.1) is 12.6 Å². The molecule has 8 heteroatoms. The van der Waals surface area contributed by atoms with Crippen molar-refractivity contribution in [2.24, 2.45) is 11.3 Å². The maximum atomic E-state index is 12.4. The Hall–Kier alpha value is -0.200. The fraction of sp³-hybridized carbons (Fsp3) is 0.968. The van der Waals surface area contributed by atoms with Crippen molar-refractivity contribution in [2.75, 3.05) is 6.61 Å². The Labute approximate surface area is 247 Å². The van der Waals surface area contributed by atoms with E-state index < -0.39 is 31.7 Å². The number of aliphatic hydroxyl groups is 1. The first-order valence-electron chi connectivity index (χ1n) is 15.8. The number of hydrogen-bond donors (Lipinski definition) is 2. The molecule has 4 unspecified atom stereocenters. The second-order valence-electron chi connectivity index (χ2n) is 12.3. The molecule has 0 radical (unpaired) electrons. The number of unbranched alkanes of at least 4 members (excludes halogenated alkanes) is 12. The Bertz CT molecular complexity index is 614. The number of ether oxygens (including phenoxy) is 3. The fourth-order valence-electron chi connectivity index (χ4n) is 4.55. The van der Waals surface area contributed by atoms with E-state index in [2.05, 4.69) is 26.5 Å². The SMILES string of the molecule is CCCCCCCCCCCC(CCCCCCC)CC(S)OC(CC)OC(O)(P=O)C(=O)OCC(C)(C)C. The largest absolute Gasteiger partial charge is 0.460 e. The molecule has 0 rings (SSSR count). The van der Waals surface area contributed by atoms with Crippen LogP contribution in [0.4, 0.5) is 0 Å². The first-order valence-corrected chi connectivity index (χ1v) is 17.1. The zero-order valence-electron chi connectivity index (χ0n) is 26.0. The summed E-state index contributed by atoms with van der Waals surface area (Å²) in [5.74, 6) is -0.577. The van der Waals surface area contributed by atoms with Crippen molar-refractivity contribution in [3.8, 4) is 0 Å². The quantitative estimate of drug-likeness (QED) is 0.0342. The van der Waals surface area contributed by atoms with E-state index in [0.29, 0.717) is 12.3 Å². The molecule has 0 saturated heterocycles. The number of carbonyl (C=O) groups excluding carboxylic acids is 1. The van der Waals surface area contributed by atoms with Gasteiger partial charge in [0.05, 0.1) is 6.61 Å². The van der Waals surface area contributed by atoms with Crippen LogP contribution in [0.5, 0.6) is 0 Å². The van der Waals surface area contributed by atoms with Crippen molar-refractivity contribution in [3.63, 3.8) is 0 Å². The summed E-state index contributed by atoms with van der Waals surface area (Å²) < 4.78 is 28.3. The zero-order chi connectivity index (χ0) is 29.6. The Morgan fingerprint density at radius 3 is 1.69 bits per heavy atom. The van der Waals surface area contributed by atoms with Gasteiger partial charge in [0.2, 0.25) is 8.46 Å².